The van der Waals surface area contributed by atoms with Crippen molar-refractivity contribution in [1.82, 2.24) is 4.98 Å². The average Bonchev–Trinajstić information content (AvgIpc) is 2.44. The van der Waals surface area contributed by atoms with E-state index in [0.29, 0.717) is 0 Å². The van der Waals surface area contributed by atoms with Crippen LogP contribution in [-0.2, 0) is 0 Å². The molecule has 0 aliphatic rings. The monoisotopic (exact) mass is 303 g/mol. The quantitative estimate of drug-likeness (QED) is 0.586. The minimum Gasteiger partial charge on any atom is -0.414 e. The zero-order valence-corrected chi connectivity index (χ0v) is 12.3. The summed E-state index contributed by atoms with van der Waals surface area (Å²) in [6, 6.07) is 3.16. The fourth-order valence-electron chi connectivity index (χ4n) is 1.36. The van der Waals surface area contributed by atoms with E-state index < -0.39 is 23.7 Å². The SMILES string of the molecule is CC.CC.OC(O)(O)Oc1cc2ccnc(F)c2cc1F. The van der Waals surface area contributed by atoms with Crippen molar-refractivity contribution in [3.8, 4) is 5.75 Å². The second-order valence-corrected chi connectivity index (χ2v) is 3.28. The summed E-state index contributed by atoms with van der Waals surface area (Å²) in [6.07, 6.45) is -2.34. The molecule has 0 bridgehead atoms. The fourth-order valence-corrected chi connectivity index (χ4v) is 1.36. The molecule has 0 unspecified atom stereocenters. The largest absolute Gasteiger partial charge is 0.453 e. The summed E-state index contributed by atoms with van der Waals surface area (Å²) < 4.78 is 30.7. The van der Waals surface area contributed by atoms with Gasteiger partial charge in [0.05, 0.1) is 0 Å². The number of benzene rings is 1. The molecule has 2 rings (SSSR count). The molecule has 0 radical (unpaired) electrons. The summed E-state index contributed by atoms with van der Waals surface area (Å²) in [4.78, 5) is 3.33. The first-order chi connectivity index (χ1) is 9.87. The second kappa shape index (κ2) is 8.46. The maximum atomic E-state index is 13.4. The first-order valence-corrected chi connectivity index (χ1v) is 6.47. The number of aliphatic hydroxyl groups is 3. The Morgan fingerprint density at radius 3 is 2.14 bits per heavy atom. The predicted molar refractivity (Wildman–Crippen MR) is 74.4 cm³/mol. The van der Waals surface area contributed by atoms with Crippen LogP contribution in [0.3, 0.4) is 0 Å². The molecule has 118 valence electrons. The predicted octanol–water partition coefficient (Wildman–Crippen LogP) is 2.53. The van der Waals surface area contributed by atoms with E-state index >= 15 is 0 Å². The van der Waals surface area contributed by atoms with Gasteiger partial charge in [-0.15, -0.1) is 0 Å². The third kappa shape index (κ3) is 5.58. The number of halogens is 2. The molecule has 0 aliphatic heterocycles. The molecule has 1 heterocycles. The molecule has 7 heteroatoms. The van der Waals surface area contributed by atoms with Crippen molar-refractivity contribution in [3.05, 3.63) is 36.2 Å². The maximum absolute atomic E-state index is 13.4. The molecule has 0 atom stereocenters. The maximum Gasteiger partial charge on any atom is 0.453 e. The zero-order valence-electron chi connectivity index (χ0n) is 12.3. The summed E-state index contributed by atoms with van der Waals surface area (Å²) in [5.74, 6) is -2.56. The third-order valence-corrected chi connectivity index (χ3v) is 2.02. The lowest BCUT2D eigenvalue weighted by molar-refractivity contribution is -0.420. The van der Waals surface area contributed by atoms with E-state index in [1.54, 1.807) is 0 Å². The molecule has 0 saturated heterocycles. The van der Waals surface area contributed by atoms with E-state index in [9.17, 15) is 8.78 Å². The first-order valence-electron chi connectivity index (χ1n) is 6.47. The Kier molecular flexibility index (Phi) is 7.72. The molecule has 0 spiro atoms. The van der Waals surface area contributed by atoms with Crippen molar-refractivity contribution >= 4 is 10.8 Å². The molecule has 21 heavy (non-hydrogen) atoms. The Labute approximate surface area is 121 Å². The van der Waals surface area contributed by atoms with Crippen LogP contribution in [0.25, 0.3) is 10.8 Å². The van der Waals surface area contributed by atoms with Gasteiger partial charge >= 0.3 is 6.16 Å². The van der Waals surface area contributed by atoms with Gasteiger partial charge in [0.25, 0.3) is 0 Å². The molecule has 3 N–H and O–H groups in total. The van der Waals surface area contributed by atoms with E-state index in [4.69, 9.17) is 15.3 Å². The number of aromatic nitrogens is 1. The van der Waals surface area contributed by atoms with Crippen LogP contribution in [-0.4, -0.2) is 26.5 Å². The van der Waals surface area contributed by atoms with Crippen molar-refractivity contribution in [2.45, 2.75) is 33.9 Å². The van der Waals surface area contributed by atoms with E-state index in [1.807, 2.05) is 27.7 Å². The van der Waals surface area contributed by atoms with E-state index in [-0.39, 0.29) is 10.8 Å². The highest BCUT2D eigenvalue weighted by atomic mass is 19.1. The van der Waals surface area contributed by atoms with Crippen molar-refractivity contribution < 1.29 is 28.8 Å². The Morgan fingerprint density at radius 1 is 1.05 bits per heavy atom. The van der Waals surface area contributed by atoms with Gasteiger partial charge < -0.3 is 20.1 Å². The minimum absolute atomic E-state index is 0.0863. The van der Waals surface area contributed by atoms with Crippen LogP contribution >= 0.6 is 0 Å². The molecule has 0 aliphatic carbocycles. The van der Waals surface area contributed by atoms with Crippen LogP contribution < -0.4 is 4.74 Å². The van der Waals surface area contributed by atoms with Crippen molar-refractivity contribution in [2.75, 3.05) is 0 Å². The Balaban J connectivity index is 0.000000921. The highest BCUT2D eigenvalue weighted by Crippen LogP contribution is 2.27. The number of ether oxygens (including phenoxy) is 1. The van der Waals surface area contributed by atoms with Crippen LogP contribution in [0.5, 0.6) is 5.75 Å². The average molecular weight is 303 g/mol. The van der Waals surface area contributed by atoms with E-state index in [2.05, 4.69) is 9.72 Å². The van der Waals surface area contributed by atoms with Gasteiger partial charge in [-0.05, 0) is 23.6 Å². The fraction of sp³-hybridized carbons (Fsp3) is 0.357. The summed E-state index contributed by atoms with van der Waals surface area (Å²) in [5.41, 5.74) is 0. The Bertz CT molecular complexity index is 571. The lowest BCUT2D eigenvalue weighted by atomic mass is 10.1. The molecule has 0 fully saturated rings. The van der Waals surface area contributed by atoms with Crippen LogP contribution in [0, 0.1) is 11.8 Å². The van der Waals surface area contributed by atoms with Crippen molar-refractivity contribution in [3.63, 3.8) is 0 Å². The normalized spacial score (nSPS) is 10.1. The third-order valence-electron chi connectivity index (χ3n) is 2.02. The smallest absolute Gasteiger partial charge is 0.414 e. The number of nitrogens with zero attached hydrogens (tertiary/aromatic N) is 1. The topological polar surface area (TPSA) is 82.8 Å². The van der Waals surface area contributed by atoms with Gasteiger partial charge in [0.15, 0.2) is 11.6 Å². The molecule has 1 aromatic carbocycles. The Morgan fingerprint density at radius 2 is 1.62 bits per heavy atom. The number of hydrogen-bond acceptors (Lipinski definition) is 5. The summed E-state index contributed by atoms with van der Waals surface area (Å²) >= 11 is 0. The van der Waals surface area contributed by atoms with Crippen LogP contribution in [0.2, 0.25) is 0 Å². The van der Waals surface area contributed by atoms with Crippen molar-refractivity contribution in [1.29, 1.82) is 0 Å². The standard InChI is InChI=1S/C10H7F2NO4.2C2H6/c11-7-4-6-5(1-2-13-9(6)12)3-8(7)17-10(14,15)16;2*1-2/h1-4,14-16H;2*1-2H3. The molecule has 2 aromatic rings. The molecular formula is C14H19F2NO4. The molecule has 1 aromatic heterocycles. The lowest BCUT2D eigenvalue weighted by Crippen LogP contribution is -2.34. The number of rotatable bonds is 2. The van der Waals surface area contributed by atoms with Gasteiger partial charge in [0.2, 0.25) is 5.95 Å². The highest BCUT2D eigenvalue weighted by molar-refractivity contribution is 5.83. The summed E-state index contributed by atoms with van der Waals surface area (Å²) in [6.45, 7) is 8.00. The second-order valence-electron chi connectivity index (χ2n) is 3.28. The zero-order chi connectivity index (χ0) is 16.6. The summed E-state index contributed by atoms with van der Waals surface area (Å²) in [5, 5.41) is 25.8. The molecule has 5 nitrogen and oxygen atoms in total. The van der Waals surface area contributed by atoms with Crippen LogP contribution in [0.15, 0.2) is 24.4 Å². The summed E-state index contributed by atoms with van der Waals surface area (Å²) in [7, 11) is 0. The highest BCUT2D eigenvalue weighted by Gasteiger charge is 2.23. The number of pyridine rings is 1. The van der Waals surface area contributed by atoms with E-state index in [1.165, 1.54) is 6.07 Å². The number of hydrogen-bond donors (Lipinski definition) is 3. The lowest BCUT2D eigenvalue weighted by Gasteiger charge is -2.16. The van der Waals surface area contributed by atoms with Crippen molar-refractivity contribution in [2.24, 2.45) is 0 Å². The molecule has 0 amide bonds. The number of fused-ring (bicyclic) bond motifs is 1. The molecule has 0 saturated carbocycles. The molecular weight excluding hydrogens is 284 g/mol. The van der Waals surface area contributed by atoms with E-state index in [0.717, 1.165) is 18.3 Å². The van der Waals surface area contributed by atoms with Gasteiger partial charge in [-0.1, -0.05) is 27.7 Å². The van der Waals surface area contributed by atoms with Gasteiger partial charge in [0, 0.05) is 11.6 Å². The van der Waals surface area contributed by atoms with Gasteiger partial charge in [0.1, 0.15) is 0 Å². The van der Waals surface area contributed by atoms with Gasteiger partial charge in [-0.25, -0.2) is 9.37 Å². The van der Waals surface area contributed by atoms with Crippen LogP contribution in [0.1, 0.15) is 27.7 Å². The van der Waals surface area contributed by atoms with Gasteiger partial charge in [-0.2, -0.15) is 4.39 Å². The minimum atomic E-state index is -3.50. The van der Waals surface area contributed by atoms with Crippen LogP contribution in [0.4, 0.5) is 8.78 Å². The first kappa shape index (κ1) is 19.2. The Hall–Kier alpha value is -1.83. The van der Waals surface area contributed by atoms with Gasteiger partial charge in [-0.3, -0.25) is 0 Å².